The Labute approximate surface area is 111 Å². The van der Waals surface area contributed by atoms with Crippen molar-refractivity contribution in [3.63, 3.8) is 0 Å². The summed E-state index contributed by atoms with van der Waals surface area (Å²) in [6, 6.07) is 5.42. The fourth-order valence-electron chi connectivity index (χ4n) is 2.27. The minimum Gasteiger partial charge on any atom is -0.481 e. The van der Waals surface area contributed by atoms with Gasteiger partial charge in [-0.05, 0) is 36.5 Å². The zero-order valence-electron chi connectivity index (χ0n) is 10.7. The van der Waals surface area contributed by atoms with Gasteiger partial charge in [0.15, 0.2) is 0 Å². The zero-order valence-corrected chi connectivity index (χ0v) is 10.7. The number of benzene rings is 1. The van der Waals surface area contributed by atoms with Gasteiger partial charge in [0.1, 0.15) is 0 Å². The fraction of sp³-hybridized carbons (Fsp3) is 0.429. The standard InChI is InChI=1S/C14H18N2O3/c15-11(5-7-14(18)19)9-4-6-12-10(8-9)2-1-3-13(17)16-12/h4,6,8,11H,1-3,5,7,15H2,(H,16,17)(H,18,19). The molecule has 0 aromatic heterocycles. The summed E-state index contributed by atoms with van der Waals surface area (Å²) in [5, 5.41) is 11.5. The summed E-state index contributed by atoms with van der Waals surface area (Å²) < 4.78 is 0. The maximum absolute atomic E-state index is 11.4. The average Bonchev–Trinajstić information content (AvgIpc) is 2.55. The lowest BCUT2D eigenvalue weighted by molar-refractivity contribution is -0.137. The SMILES string of the molecule is NC(CCC(=O)O)c1ccc2c(c1)CCCC(=O)N2. The molecular formula is C14H18N2O3. The highest BCUT2D eigenvalue weighted by Crippen LogP contribution is 2.26. The number of aryl methyl sites for hydroxylation is 1. The minimum absolute atomic E-state index is 0.0432. The van der Waals surface area contributed by atoms with Gasteiger partial charge in [-0.2, -0.15) is 0 Å². The van der Waals surface area contributed by atoms with E-state index in [1.165, 1.54) is 0 Å². The van der Waals surface area contributed by atoms with Crippen LogP contribution in [-0.2, 0) is 16.0 Å². The van der Waals surface area contributed by atoms with Crippen LogP contribution in [0.4, 0.5) is 5.69 Å². The Morgan fingerprint density at radius 2 is 2.21 bits per heavy atom. The zero-order chi connectivity index (χ0) is 13.8. The number of anilines is 1. The van der Waals surface area contributed by atoms with Crippen LogP contribution in [-0.4, -0.2) is 17.0 Å². The van der Waals surface area contributed by atoms with E-state index >= 15 is 0 Å². The molecule has 0 saturated heterocycles. The molecule has 5 nitrogen and oxygen atoms in total. The van der Waals surface area contributed by atoms with Crippen molar-refractivity contribution in [3.8, 4) is 0 Å². The van der Waals surface area contributed by atoms with Crippen LogP contribution >= 0.6 is 0 Å². The Morgan fingerprint density at radius 1 is 1.42 bits per heavy atom. The van der Waals surface area contributed by atoms with Gasteiger partial charge in [0.05, 0.1) is 0 Å². The van der Waals surface area contributed by atoms with E-state index in [9.17, 15) is 9.59 Å². The number of carboxylic acids is 1. The number of hydrogen-bond donors (Lipinski definition) is 3. The molecule has 0 bridgehead atoms. The third-order valence-corrected chi connectivity index (χ3v) is 3.35. The Kier molecular flexibility index (Phi) is 4.16. The second-order valence-corrected chi connectivity index (χ2v) is 4.86. The summed E-state index contributed by atoms with van der Waals surface area (Å²) in [5.74, 6) is -0.792. The molecule has 0 saturated carbocycles. The maximum Gasteiger partial charge on any atom is 0.303 e. The van der Waals surface area contributed by atoms with E-state index in [-0.39, 0.29) is 18.4 Å². The van der Waals surface area contributed by atoms with E-state index in [4.69, 9.17) is 10.8 Å². The van der Waals surface area contributed by atoms with Crippen LogP contribution in [0, 0.1) is 0 Å². The number of carboxylic acid groups (broad SMARTS) is 1. The molecule has 0 aliphatic carbocycles. The predicted octanol–water partition coefficient (Wildman–Crippen LogP) is 1.83. The second kappa shape index (κ2) is 5.84. The van der Waals surface area contributed by atoms with Gasteiger partial charge in [-0.25, -0.2) is 0 Å². The van der Waals surface area contributed by atoms with Gasteiger partial charge in [0.25, 0.3) is 0 Å². The third kappa shape index (κ3) is 3.54. The first-order chi connectivity index (χ1) is 9.06. The van der Waals surface area contributed by atoms with Crippen molar-refractivity contribution in [2.24, 2.45) is 5.73 Å². The van der Waals surface area contributed by atoms with Crippen molar-refractivity contribution in [1.29, 1.82) is 0 Å². The largest absolute Gasteiger partial charge is 0.481 e. The number of nitrogens with one attached hydrogen (secondary N) is 1. The molecule has 1 aromatic carbocycles. The van der Waals surface area contributed by atoms with Crippen molar-refractivity contribution in [1.82, 2.24) is 0 Å². The Balaban J connectivity index is 2.13. The van der Waals surface area contributed by atoms with E-state index in [0.717, 1.165) is 29.7 Å². The fourth-order valence-corrected chi connectivity index (χ4v) is 2.27. The summed E-state index contributed by atoms with van der Waals surface area (Å²) in [4.78, 5) is 22.0. The predicted molar refractivity (Wildman–Crippen MR) is 71.8 cm³/mol. The molecule has 1 aliphatic heterocycles. The van der Waals surface area contributed by atoms with Crippen LogP contribution < -0.4 is 11.1 Å². The van der Waals surface area contributed by atoms with Gasteiger partial charge >= 0.3 is 5.97 Å². The number of hydrogen-bond acceptors (Lipinski definition) is 3. The van der Waals surface area contributed by atoms with Crippen LogP contribution in [0.1, 0.15) is 42.9 Å². The van der Waals surface area contributed by atoms with Crippen molar-refractivity contribution >= 4 is 17.6 Å². The monoisotopic (exact) mass is 262 g/mol. The van der Waals surface area contributed by atoms with E-state index in [1.54, 1.807) is 0 Å². The molecule has 1 heterocycles. The highest BCUT2D eigenvalue weighted by molar-refractivity contribution is 5.92. The minimum atomic E-state index is -0.836. The summed E-state index contributed by atoms with van der Waals surface area (Å²) in [6.45, 7) is 0. The Morgan fingerprint density at radius 3 is 2.95 bits per heavy atom. The number of carbonyl (C=O) groups excluding carboxylic acids is 1. The molecule has 1 aromatic rings. The van der Waals surface area contributed by atoms with Crippen LogP contribution in [0.5, 0.6) is 0 Å². The molecule has 4 N–H and O–H groups in total. The highest BCUT2D eigenvalue weighted by Gasteiger charge is 2.15. The van der Waals surface area contributed by atoms with Gasteiger partial charge in [-0.1, -0.05) is 12.1 Å². The van der Waals surface area contributed by atoms with Crippen molar-refractivity contribution < 1.29 is 14.7 Å². The topological polar surface area (TPSA) is 92.4 Å². The maximum atomic E-state index is 11.4. The van der Waals surface area contributed by atoms with Crippen LogP contribution in [0.3, 0.4) is 0 Å². The van der Waals surface area contributed by atoms with E-state index in [0.29, 0.717) is 12.8 Å². The smallest absolute Gasteiger partial charge is 0.303 e. The van der Waals surface area contributed by atoms with Gasteiger partial charge in [0.2, 0.25) is 5.91 Å². The van der Waals surface area contributed by atoms with E-state index < -0.39 is 5.97 Å². The lowest BCUT2D eigenvalue weighted by Gasteiger charge is -2.14. The molecule has 0 radical (unpaired) electrons. The highest BCUT2D eigenvalue weighted by atomic mass is 16.4. The van der Waals surface area contributed by atoms with Crippen LogP contribution in [0.25, 0.3) is 0 Å². The van der Waals surface area contributed by atoms with Gasteiger partial charge in [0, 0.05) is 24.6 Å². The second-order valence-electron chi connectivity index (χ2n) is 4.86. The molecule has 19 heavy (non-hydrogen) atoms. The quantitative estimate of drug-likeness (QED) is 0.771. The summed E-state index contributed by atoms with van der Waals surface area (Å²) in [7, 11) is 0. The molecule has 1 amide bonds. The third-order valence-electron chi connectivity index (χ3n) is 3.35. The molecule has 1 aliphatic rings. The molecular weight excluding hydrogens is 244 g/mol. The van der Waals surface area contributed by atoms with Gasteiger partial charge in [-0.3, -0.25) is 9.59 Å². The van der Waals surface area contributed by atoms with Crippen molar-refractivity contribution in [3.05, 3.63) is 29.3 Å². The summed E-state index contributed by atoms with van der Waals surface area (Å²) in [6.07, 6.45) is 2.69. The Hall–Kier alpha value is -1.88. The first kappa shape index (κ1) is 13.5. The summed E-state index contributed by atoms with van der Waals surface area (Å²) >= 11 is 0. The number of rotatable bonds is 4. The summed E-state index contributed by atoms with van der Waals surface area (Å²) in [5.41, 5.74) is 8.84. The molecule has 2 rings (SSSR count). The van der Waals surface area contributed by atoms with Gasteiger partial charge < -0.3 is 16.2 Å². The normalized spacial score (nSPS) is 16.2. The number of nitrogens with two attached hydrogens (primary N) is 1. The average molecular weight is 262 g/mol. The molecule has 0 fully saturated rings. The van der Waals surface area contributed by atoms with E-state index in [2.05, 4.69) is 5.32 Å². The van der Waals surface area contributed by atoms with Crippen molar-refractivity contribution in [2.75, 3.05) is 5.32 Å². The lowest BCUT2D eigenvalue weighted by atomic mass is 9.98. The van der Waals surface area contributed by atoms with Gasteiger partial charge in [-0.15, -0.1) is 0 Å². The van der Waals surface area contributed by atoms with Crippen molar-refractivity contribution in [2.45, 2.75) is 38.1 Å². The Bertz CT molecular complexity index is 499. The molecule has 102 valence electrons. The molecule has 0 spiro atoms. The molecule has 1 unspecified atom stereocenters. The molecule has 5 heteroatoms. The first-order valence-electron chi connectivity index (χ1n) is 6.46. The molecule has 1 atom stereocenters. The lowest BCUT2D eigenvalue weighted by Crippen LogP contribution is -2.13. The number of aliphatic carboxylic acids is 1. The van der Waals surface area contributed by atoms with Crippen LogP contribution in [0.15, 0.2) is 18.2 Å². The number of amides is 1. The van der Waals surface area contributed by atoms with Crippen LogP contribution in [0.2, 0.25) is 0 Å². The first-order valence-corrected chi connectivity index (χ1v) is 6.46. The number of carbonyl (C=O) groups is 2. The van der Waals surface area contributed by atoms with E-state index in [1.807, 2.05) is 18.2 Å². The number of fused-ring (bicyclic) bond motifs is 1.